The molecule has 0 amide bonds. The summed E-state index contributed by atoms with van der Waals surface area (Å²) in [5.41, 5.74) is 0. The molecule has 0 saturated heterocycles. The second-order valence-electron chi connectivity index (χ2n) is 9.93. The van der Waals surface area contributed by atoms with E-state index in [4.69, 9.17) is 0 Å². The van der Waals surface area contributed by atoms with Gasteiger partial charge in [0.15, 0.2) is 0 Å². The van der Waals surface area contributed by atoms with E-state index < -0.39 is 14.1 Å². The maximum atomic E-state index is 2.49. The summed E-state index contributed by atoms with van der Waals surface area (Å²) in [6.07, 6.45) is 14.1. The van der Waals surface area contributed by atoms with Gasteiger partial charge in [-0.3, -0.25) is 0 Å². The highest BCUT2D eigenvalue weighted by atomic mass is 27.2. The minimum atomic E-state index is -0.475. The Bertz CT molecular complexity index is 286. The molecule has 0 nitrogen and oxygen atoms in total. The van der Waals surface area contributed by atoms with E-state index in [0.29, 0.717) is 0 Å². The van der Waals surface area contributed by atoms with Gasteiger partial charge in [-0.05, 0) is 37.0 Å². The Kier molecular flexibility index (Phi) is 6.37. The van der Waals surface area contributed by atoms with E-state index in [2.05, 4.69) is 20.8 Å². The zero-order chi connectivity index (χ0) is 15.5. The van der Waals surface area contributed by atoms with Crippen molar-refractivity contribution in [3.8, 4) is 0 Å². The minimum Gasteiger partial charge on any atom is -0.0910 e. The van der Waals surface area contributed by atoms with Crippen molar-refractivity contribution >= 4 is 14.1 Å². The van der Waals surface area contributed by atoms with Crippen LogP contribution in [0.15, 0.2) is 0 Å². The van der Waals surface area contributed by atoms with E-state index in [1.165, 1.54) is 19.3 Å². The molecule has 0 radical (unpaired) electrons. The highest BCUT2D eigenvalue weighted by Gasteiger charge is 2.34. The van der Waals surface area contributed by atoms with Gasteiger partial charge in [0.05, 0.1) is 0 Å². The first kappa shape index (κ1) is 17.4. The Hall–Kier alpha value is 0.532. The molecule has 126 valence electrons. The molecule has 0 bridgehead atoms. The quantitative estimate of drug-likeness (QED) is 0.473. The number of hydrogen-bond donors (Lipinski definition) is 0. The van der Waals surface area contributed by atoms with E-state index in [9.17, 15) is 0 Å². The van der Waals surface area contributed by atoms with Crippen molar-refractivity contribution in [2.45, 2.75) is 94.4 Å². The van der Waals surface area contributed by atoms with Gasteiger partial charge >= 0.3 is 0 Å². The van der Waals surface area contributed by atoms with Gasteiger partial charge in [-0.25, -0.2) is 0 Å². The summed E-state index contributed by atoms with van der Waals surface area (Å²) >= 11 is -0.475. The van der Waals surface area contributed by atoms with Crippen LogP contribution in [0.3, 0.4) is 0 Å². The summed E-state index contributed by atoms with van der Waals surface area (Å²) < 4.78 is 0. The third kappa shape index (κ3) is 5.01. The molecule has 0 N–H and O–H groups in total. The molecule has 0 spiro atoms. The van der Waals surface area contributed by atoms with Crippen molar-refractivity contribution in [2.75, 3.05) is 0 Å². The maximum absolute atomic E-state index is 2.49. The average Bonchev–Trinajstić information content (AvgIpc) is 3.14. The Labute approximate surface area is 144 Å². The highest BCUT2D eigenvalue weighted by Crippen LogP contribution is 2.41. The van der Waals surface area contributed by atoms with E-state index in [1.807, 2.05) is 0 Å². The average molecular weight is 319 g/mol. The largest absolute Gasteiger partial charge is 0.262 e. The predicted octanol–water partition coefficient (Wildman–Crippen LogP) is 6.79. The lowest BCUT2D eigenvalue weighted by Gasteiger charge is -2.22. The molecule has 3 rings (SSSR count). The molecule has 6 atom stereocenters. The summed E-state index contributed by atoms with van der Waals surface area (Å²) in [6.45, 7) is 7.48. The maximum Gasteiger partial charge on any atom is 0.262 e. The monoisotopic (exact) mass is 318 g/mol. The lowest BCUT2D eigenvalue weighted by molar-refractivity contribution is 0.518. The smallest absolute Gasteiger partial charge is 0.0910 e. The molecule has 6 unspecified atom stereocenters. The molecule has 0 aromatic rings. The normalized spacial score (nSPS) is 42.1. The Morgan fingerprint density at radius 3 is 1.09 bits per heavy atom. The van der Waals surface area contributed by atoms with E-state index in [-0.39, 0.29) is 0 Å². The van der Waals surface area contributed by atoms with E-state index in [0.717, 1.165) is 35.5 Å². The van der Waals surface area contributed by atoms with Gasteiger partial charge in [0.2, 0.25) is 0 Å². The van der Waals surface area contributed by atoms with Gasteiger partial charge in [-0.2, -0.15) is 0 Å². The lowest BCUT2D eigenvalue weighted by atomic mass is 10.1. The fraction of sp³-hybridized carbons (Fsp3) is 1.00. The molecule has 0 aromatic carbocycles. The zero-order valence-electron chi connectivity index (χ0n) is 15.5. The van der Waals surface area contributed by atoms with E-state index in [1.54, 1.807) is 54.4 Å². The second-order valence-corrected chi connectivity index (χ2v) is 13.1. The van der Waals surface area contributed by atoms with E-state index >= 15 is 0 Å². The molecule has 3 aliphatic rings. The summed E-state index contributed by atoms with van der Waals surface area (Å²) in [5.74, 6) is 6.55. The molecule has 0 heterocycles. The molecule has 0 aliphatic heterocycles. The van der Waals surface area contributed by atoms with Crippen molar-refractivity contribution in [3.63, 3.8) is 0 Å². The highest BCUT2D eigenvalue weighted by molar-refractivity contribution is 6.59. The fourth-order valence-corrected chi connectivity index (χ4v) is 11.0. The third-order valence-electron chi connectivity index (χ3n) is 7.41. The number of rotatable bonds is 6. The van der Waals surface area contributed by atoms with Crippen LogP contribution in [-0.2, 0) is 0 Å². The van der Waals surface area contributed by atoms with Gasteiger partial charge < -0.3 is 0 Å². The summed E-state index contributed by atoms with van der Waals surface area (Å²) in [6, 6.07) is 0. The second kappa shape index (κ2) is 8.07. The van der Waals surface area contributed by atoms with Crippen molar-refractivity contribution in [3.05, 3.63) is 0 Å². The molecule has 1 heteroatoms. The summed E-state index contributed by atoms with van der Waals surface area (Å²) in [5, 5.41) is 5.17. The molecule has 3 fully saturated rings. The van der Waals surface area contributed by atoms with Gasteiger partial charge in [0.25, 0.3) is 14.1 Å². The molecule has 0 aromatic heterocycles. The van der Waals surface area contributed by atoms with Gasteiger partial charge in [-0.1, -0.05) is 92.9 Å². The van der Waals surface area contributed by atoms with Crippen molar-refractivity contribution in [2.24, 2.45) is 35.5 Å². The number of hydrogen-bond acceptors (Lipinski definition) is 0. The van der Waals surface area contributed by atoms with Gasteiger partial charge in [0, 0.05) is 0 Å². The van der Waals surface area contributed by atoms with Crippen molar-refractivity contribution < 1.29 is 0 Å². The Morgan fingerprint density at radius 1 is 0.545 bits per heavy atom. The van der Waals surface area contributed by atoms with Crippen LogP contribution in [0.1, 0.15) is 78.6 Å². The van der Waals surface area contributed by atoms with Crippen LogP contribution in [0.4, 0.5) is 0 Å². The standard InChI is InChI=1S/3C7H13.Al/c3*1-6-3-4-7(2)5-6;/h3*6-7H,1,3-5H2,2H3;. The SMILES string of the molecule is CC1CCC([CH2][Al]([CH2]C2CCC(C)C2)[CH2]C2CCC(C)C2)C1. The van der Waals surface area contributed by atoms with Crippen LogP contribution in [0, 0.1) is 35.5 Å². The third-order valence-corrected chi connectivity index (χ3v) is 11.4. The Balaban J connectivity index is 1.52. The first-order valence-electron chi connectivity index (χ1n) is 10.6. The molecule has 22 heavy (non-hydrogen) atoms. The lowest BCUT2D eigenvalue weighted by Crippen LogP contribution is -2.22. The van der Waals surface area contributed by atoms with Crippen LogP contribution in [0.5, 0.6) is 0 Å². The van der Waals surface area contributed by atoms with Crippen LogP contribution in [0.25, 0.3) is 0 Å². The Morgan fingerprint density at radius 2 is 0.864 bits per heavy atom. The molecular formula is C21H39Al. The summed E-state index contributed by atoms with van der Waals surface area (Å²) in [7, 11) is 0. The first-order valence-corrected chi connectivity index (χ1v) is 13.0. The predicted molar refractivity (Wildman–Crippen MR) is 99.7 cm³/mol. The summed E-state index contributed by atoms with van der Waals surface area (Å²) in [4.78, 5) is 0. The topological polar surface area (TPSA) is 0 Å². The van der Waals surface area contributed by atoms with Crippen LogP contribution < -0.4 is 0 Å². The van der Waals surface area contributed by atoms with Crippen LogP contribution in [0.2, 0.25) is 15.8 Å². The van der Waals surface area contributed by atoms with Gasteiger partial charge in [-0.15, -0.1) is 0 Å². The fourth-order valence-electron chi connectivity index (χ4n) is 6.32. The molecular weight excluding hydrogens is 279 g/mol. The zero-order valence-corrected chi connectivity index (χ0v) is 16.7. The first-order chi connectivity index (χ1) is 10.6. The van der Waals surface area contributed by atoms with Crippen molar-refractivity contribution in [1.82, 2.24) is 0 Å². The molecule has 3 aliphatic carbocycles. The van der Waals surface area contributed by atoms with Crippen molar-refractivity contribution in [1.29, 1.82) is 0 Å². The van der Waals surface area contributed by atoms with Gasteiger partial charge in [0.1, 0.15) is 0 Å². The molecule has 3 saturated carbocycles. The van der Waals surface area contributed by atoms with Crippen LogP contribution in [-0.4, -0.2) is 14.1 Å². The van der Waals surface area contributed by atoms with Crippen LogP contribution >= 0.6 is 0 Å². The minimum absolute atomic E-state index is 0.475.